The predicted octanol–water partition coefficient (Wildman–Crippen LogP) is 2.01. The zero-order chi connectivity index (χ0) is 12.8. The highest BCUT2D eigenvalue weighted by atomic mass is 16.6. The van der Waals surface area contributed by atoms with Gasteiger partial charge < -0.3 is 15.2 Å². The number of carbonyl (C=O) groups is 1. The molecule has 2 rings (SSSR count). The van der Waals surface area contributed by atoms with Gasteiger partial charge in [-0.2, -0.15) is 0 Å². The molecule has 4 nitrogen and oxygen atoms in total. The summed E-state index contributed by atoms with van der Waals surface area (Å²) in [5.74, 6) is -0.0992. The molecule has 0 aromatic rings. The van der Waals surface area contributed by atoms with Gasteiger partial charge in [-0.25, -0.2) is 0 Å². The van der Waals surface area contributed by atoms with Crippen LogP contribution in [-0.4, -0.2) is 31.8 Å². The largest absolute Gasteiger partial charge is 0.463 e. The van der Waals surface area contributed by atoms with Crippen molar-refractivity contribution in [2.45, 2.75) is 57.5 Å². The van der Waals surface area contributed by atoms with Crippen LogP contribution in [0.4, 0.5) is 0 Å². The van der Waals surface area contributed by atoms with Crippen molar-refractivity contribution < 1.29 is 14.3 Å². The van der Waals surface area contributed by atoms with E-state index in [0.717, 1.165) is 32.3 Å². The van der Waals surface area contributed by atoms with Crippen molar-refractivity contribution in [2.75, 3.05) is 19.8 Å². The van der Waals surface area contributed by atoms with Crippen LogP contribution in [-0.2, 0) is 14.3 Å². The van der Waals surface area contributed by atoms with Gasteiger partial charge in [0, 0.05) is 6.61 Å². The van der Waals surface area contributed by atoms with Gasteiger partial charge in [0.15, 0.2) is 0 Å². The molecule has 104 valence electrons. The topological polar surface area (TPSA) is 61.6 Å². The Labute approximate surface area is 109 Å². The Morgan fingerprint density at radius 1 is 1.28 bits per heavy atom. The maximum absolute atomic E-state index is 11.9. The third kappa shape index (κ3) is 3.69. The molecule has 0 radical (unpaired) electrons. The Morgan fingerprint density at radius 3 is 2.67 bits per heavy atom. The number of nitrogens with two attached hydrogens (primary N) is 1. The lowest BCUT2D eigenvalue weighted by Gasteiger charge is -2.35. The van der Waals surface area contributed by atoms with Crippen LogP contribution in [0.5, 0.6) is 0 Å². The predicted molar refractivity (Wildman–Crippen MR) is 69.1 cm³/mol. The van der Waals surface area contributed by atoms with E-state index in [2.05, 4.69) is 0 Å². The van der Waals surface area contributed by atoms with Crippen molar-refractivity contribution in [3.8, 4) is 0 Å². The minimum absolute atomic E-state index is 0.00582. The Morgan fingerprint density at radius 2 is 2.06 bits per heavy atom. The van der Waals surface area contributed by atoms with E-state index >= 15 is 0 Å². The molecule has 0 spiro atoms. The van der Waals surface area contributed by atoms with Crippen LogP contribution in [0.3, 0.4) is 0 Å². The third-order valence-electron chi connectivity index (χ3n) is 4.32. The minimum Gasteiger partial charge on any atom is -0.463 e. The molecule has 2 N–H and O–H groups in total. The number of hydrogen-bond acceptors (Lipinski definition) is 4. The lowest BCUT2D eigenvalue weighted by atomic mass is 9.72. The van der Waals surface area contributed by atoms with Gasteiger partial charge >= 0.3 is 5.97 Å². The van der Waals surface area contributed by atoms with Gasteiger partial charge in [0.05, 0.1) is 12.5 Å². The third-order valence-corrected chi connectivity index (χ3v) is 4.32. The first-order chi connectivity index (χ1) is 8.74. The fourth-order valence-corrected chi connectivity index (χ4v) is 3.07. The van der Waals surface area contributed by atoms with Crippen LogP contribution in [0, 0.1) is 5.41 Å². The van der Waals surface area contributed by atoms with E-state index in [-0.39, 0.29) is 17.5 Å². The van der Waals surface area contributed by atoms with Gasteiger partial charge in [-0.1, -0.05) is 19.3 Å². The summed E-state index contributed by atoms with van der Waals surface area (Å²) in [6.45, 7) is 1.82. The molecule has 2 fully saturated rings. The second-order valence-electron chi connectivity index (χ2n) is 5.76. The minimum atomic E-state index is -0.0992. The molecule has 1 aliphatic carbocycles. The molecule has 2 aliphatic rings. The first kappa shape index (κ1) is 13.8. The Bertz CT molecular complexity index is 268. The van der Waals surface area contributed by atoms with Crippen molar-refractivity contribution in [3.05, 3.63) is 0 Å². The van der Waals surface area contributed by atoms with Crippen LogP contribution in [0.2, 0.25) is 0 Å². The van der Waals surface area contributed by atoms with Crippen molar-refractivity contribution >= 4 is 5.97 Å². The van der Waals surface area contributed by atoms with E-state index in [1.54, 1.807) is 0 Å². The molecule has 1 unspecified atom stereocenters. The van der Waals surface area contributed by atoms with Gasteiger partial charge in [0.1, 0.15) is 6.61 Å². The molecule has 4 heteroatoms. The van der Waals surface area contributed by atoms with Crippen molar-refractivity contribution in [2.24, 2.45) is 11.1 Å². The summed E-state index contributed by atoms with van der Waals surface area (Å²) in [5, 5.41) is 0. The Balaban J connectivity index is 1.74. The van der Waals surface area contributed by atoms with Gasteiger partial charge in [0.25, 0.3) is 0 Å². The van der Waals surface area contributed by atoms with Crippen LogP contribution in [0.25, 0.3) is 0 Å². The normalized spacial score (nSPS) is 27.1. The molecule has 18 heavy (non-hydrogen) atoms. The highest BCUT2D eigenvalue weighted by Gasteiger charge is 2.33. The monoisotopic (exact) mass is 255 g/mol. The van der Waals surface area contributed by atoms with Gasteiger partial charge in [-0.05, 0) is 37.6 Å². The molecule has 0 bridgehead atoms. The highest BCUT2D eigenvalue weighted by molar-refractivity contribution is 5.70. The first-order valence-corrected chi connectivity index (χ1v) is 7.21. The van der Waals surface area contributed by atoms with Gasteiger partial charge in [-0.3, -0.25) is 4.79 Å². The number of hydrogen-bond donors (Lipinski definition) is 1. The summed E-state index contributed by atoms with van der Waals surface area (Å²) in [5.41, 5.74) is 5.88. The highest BCUT2D eigenvalue weighted by Crippen LogP contribution is 2.38. The van der Waals surface area contributed by atoms with Crippen LogP contribution >= 0.6 is 0 Å². The van der Waals surface area contributed by atoms with E-state index in [1.807, 2.05) is 0 Å². The molecule has 1 saturated heterocycles. The molecule has 1 heterocycles. The second-order valence-corrected chi connectivity index (χ2v) is 5.76. The summed E-state index contributed by atoms with van der Waals surface area (Å²) >= 11 is 0. The zero-order valence-corrected chi connectivity index (χ0v) is 11.2. The number of esters is 1. The van der Waals surface area contributed by atoms with Crippen molar-refractivity contribution in [1.29, 1.82) is 0 Å². The summed E-state index contributed by atoms with van der Waals surface area (Å²) < 4.78 is 10.8. The summed E-state index contributed by atoms with van der Waals surface area (Å²) in [6, 6.07) is 0. The molecule has 1 saturated carbocycles. The summed E-state index contributed by atoms with van der Waals surface area (Å²) in [6.07, 6.45) is 8.48. The second kappa shape index (κ2) is 6.53. The van der Waals surface area contributed by atoms with E-state index in [0.29, 0.717) is 19.6 Å². The average molecular weight is 255 g/mol. The molecule has 1 atom stereocenters. The van der Waals surface area contributed by atoms with E-state index in [9.17, 15) is 4.79 Å². The van der Waals surface area contributed by atoms with Crippen molar-refractivity contribution in [3.63, 3.8) is 0 Å². The fourth-order valence-electron chi connectivity index (χ4n) is 3.07. The standard InChI is InChI=1S/C14H25NO3/c15-11-14(6-2-1-3-7-14)9-13(16)18-10-12-5-4-8-17-12/h12H,1-11,15H2. The number of carbonyl (C=O) groups excluding carboxylic acids is 1. The van der Waals surface area contributed by atoms with Crippen LogP contribution < -0.4 is 5.73 Å². The van der Waals surface area contributed by atoms with E-state index < -0.39 is 0 Å². The summed E-state index contributed by atoms with van der Waals surface area (Å²) in [7, 11) is 0. The molecule has 1 aliphatic heterocycles. The molecule has 0 aromatic carbocycles. The Hall–Kier alpha value is -0.610. The smallest absolute Gasteiger partial charge is 0.306 e. The van der Waals surface area contributed by atoms with Crippen LogP contribution in [0.1, 0.15) is 51.4 Å². The first-order valence-electron chi connectivity index (χ1n) is 7.21. The van der Waals surface area contributed by atoms with E-state index in [1.165, 1.54) is 19.3 Å². The number of ether oxygens (including phenoxy) is 2. The molecular formula is C14H25NO3. The molecular weight excluding hydrogens is 230 g/mol. The van der Waals surface area contributed by atoms with Crippen LogP contribution in [0.15, 0.2) is 0 Å². The Kier molecular flexibility index (Phi) is 5.01. The SMILES string of the molecule is NCC1(CC(=O)OCC2CCCO2)CCCCC1. The fraction of sp³-hybridized carbons (Fsp3) is 0.929. The number of rotatable bonds is 5. The average Bonchev–Trinajstić information content (AvgIpc) is 2.91. The van der Waals surface area contributed by atoms with Gasteiger partial charge in [-0.15, -0.1) is 0 Å². The zero-order valence-electron chi connectivity index (χ0n) is 11.2. The lowest BCUT2D eigenvalue weighted by molar-refractivity contribution is -0.150. The lowest BCUT2D eigenvalue weighted by Crippen LogP contribution is -2.36. The van der Waals surface area contributed by atoms with Crippen molar-refractivity contribution in [1.82, 2.24) is 0 Å². The molecule has 0 aromatic heterocycles. The molecule has 0 amide bonds. The maximum Gasteiger partial charge on any atom is 0.306 e. The quantitative estimate of drug-likeness (QED) is 0.763. The van der Waals surface area contributed by atoms with E-state index in [4.69, 9.17) is 15.2 Å². The van der Waals surface area contributed by atoms with Gasteiger partial charge in [0.2, 0.25) is 0 Å². The maximum atomic E-state index is 11.9. The summed E-state index contributed by atoms with van der Waals surface area (Å²) in [4.78, 5) is 11.9.